The molecule has 0 saturated heterocycles. The number of halogens is 4. The molecule has 0 aliphatic rings. The molecule has 0 bridgehead atoms. The van der Waals surface area contributed by atoms with E-state index in [1.807, 2.05) is 0 Å². The van der Waals surface area contributed by atoms with Crippen LogP contribution in [-0.4, -0.2) is 5.05 Å². The molecule has 0 spiro atoms. The maximum absolute atomic E-state index is 2.56. The first kappa shape index (κ1) is 8.92. The van der Waals surface area contributed by atoms with E-state index in [1.54, 1.807) is 0 Å². The van der Waals surface area contributed by atoms with E-state index in [4.69, 9.17) is 0 Å². The predicted octanol–water partition coefficient (Wildman–Crippen LogP) is 3.16. The van der Waals surface area contributed by atoms with Crippen molar-refractivity contribution < 1.29 is 0 Å². The Morgan fingerprint density at radius 1 is 0.800 bits per heavy atom. The van der Waals surface area contributed by atoms with Crippen LogP contribution >= 0.6 is 68.7 Å². The Labute approximate surface area is 70.6 Å². The predicted molar refractivity (Wildman–Crippen MR) is 61.8 cm³/mol. The summed E-state index contributed by atoms with van der Waals surface area (Å²) < 4.78 is 0. The average Bonchev–Trinajstić information content (AvgIpc) is 0.722. The fraction of sp³-hybridized carbons (Fsp3) is 0. The van der Waals surface area contributed by atoms with Gasteiger partial charge in [-0.2, -0.15) is 0 Å². The zero-order valence-corrected chi connectivity index (χ0v) is 13.1. The van der Waals surface area contributed by atoms with Crippen molar-refractivity contribution in [2.45, 2.75) is 0 Å². The molecule has 3 radical (unpaired) electrons. The molecule has 0 aliphatic heterocycles. The molecule has 0 saturated carbocycles. The Hall–Kier alpha value is 3.92. The van der Waals surface area contributed by atoms with Crippen LogP contribution in [0.15, 0.2) is 0 Å². The fourth-order valence-corrected chi connectivity index (χ4v) is 0. The summed E-state index contributed by atoms with van der Waals surface area (Å²) in [6, 6.07) is 0. The first-order valence-corrected chi connectivity index (χ1v) is 30.4. The molecule has 0 rings (SSSR count). The molecule has 0 N–H and O–H groups in total. The molecule has 0 aromatic heterocycles. The second-order valence-electron chi connectivity index (χ2n) is 0.857. The second kappa shape index (κ2) is 3.85. The van der Waals surface area contributed by atoms with Gasteiger partial charge in [-0.15, -0.1) is 0 Å². The monoisotopic (exact) mass is 531 g/mol. The van der Waals surface area contributed by atoms with Crippen LogP contribution in [0.5, 0.6) is 0 Å². The molecule has 0 atom stereocenters. The summed E-state index contributed by atoms with van der Waals surface area (Å²) in [6.45, 7) is 0. The second-order valence-corrected chi connectivity index (χ2v) is 116. The molecule has 0 aliphatic carbocycles. The van der Waals surface area contributed by atoms with Crippen molar-refractivity contribution in [3.05, 3.63) is 0 Å². The van der Waals surface area contributed by atoms with Crippen molar-refractivity contribution in [3.8, 4) is 0 Å². The number of hydrogen-bond donors (Lipinski definition) is 0. The van der Waals surface area contributed by atoms with E-state index < -0.39 is 5.05 Å². The summed E-state index contributed by atoms with van der Waals surface area (Å²) in [4.78, 5) is 0. The zero-order valence-electron chi connectivity index (χ0n) is 2.51. The van der Waals surface area contributed by atoms with Crippen LogP contribution in [0.1, 0.15) is 0 Å². The van der Waals surface area contributed by atoms with Crippen LogP contribution in [-0.2, 0) is 0 Å². The minimum atomic E-state index is -1.40. The number of hydrogen-bond acceptors (Lipinski definition) is 0. The normalized spacial score (nSPS) is 12.0. The molecule has 0 unspecified atom stereocenters. The fourth-order valence-electron chi connectivity index (χ4n) is 0. The van der Waals surface area contributed by atoms with Gasteiger partial charge in [0, 0.05) is 0 Å². The van der Waals surface area contributed by atoms with Crippen LogP contribution in [0.3, 0.4) is 0 Å². The number of rotatable bonds is 0. The summed E-state index contributed by atoms with van der Waals surface area (Å²) >= 11 is 10.2. The SMILES string of the molecule is [I][Na]([I])([I])[I]. The Morgan fingerprint density at radius 2 is 0.800 bits per heavy atom. The van der Waals surface area contributed by atoms with Gasteiger partial charge in [0.15, 0.2) is 0 Å². The van der Waals surface area contributed by atoms with Crippen LogP contribution in [0.2, 0.25) is 0 Å². The Kier molecular flexibility index (Phi) is 6.88. The standard InChI is InChI=1S/4HI.Na/h4*1H;/q;;;;+4/p-4. The molecule has 0 amide bonds. The van der Waals surface area contributed by atoms with Gasteiger partial charge in [-0.25, -0.2) is 0 Å². The van der Waals surface area contributed by atoms with Crippen LogP contribution < -0.4 is 0 Å². The van der Waals surface area contributed by atoms with Gasteiger partial charge in [0.05, 0.1) is 0 Å². The summed E-state index contributed by atoms with van der Waals surface area (Å²) in [6.07, 6.45) is 0. The van der Waals surface area contributed by atoms with Crippen molar-refractivity contribution in [3.63, 3.8) is 0 Å². The van der Waals surface area contributed by atoms with Crippen LogP contribution in [0, 0.1) is 0 Å². The first-order chi connectivity index (χ1) is 2.00. The van der Waals surface area contributed by atoms with Gasteiger partial charge in [0.25, 0.3) is 0 Å². The van der Waals surface area contributed by atoms with Crippen LogP contribution in [0.4, 0.5) is 0 Å². The Balaban J connectivity index is 3.02. The van der Waals surface area contributed by atoms with E-state index in [-0.39, 0.29) is 0 Å². The van der Waals surface area contributed by atoms with Crippen molar-refractivity contribution >= 4 is 73.7 Å². The third-order valence-electron chi connectivity index (χ3n) is 0. The van der Waals surface area contributed by atoms with E-state index in [1.165, 1.54) is 0 Å². The minimum absolute atomic E-state index is 1.40. The van der Waals surface area contributed by atoms with E-state index in [9.17, 15) is 0 Å². The van der Waals surface area contributed by atoms with E-state index >= 15 is 0 Å². The van der Waals surface area contributed by atoms with E-state index in [0.29, 0.717) is 0 Å². The molecule has 0 nitrogen and oxygen atoms in total. The summed E-state index contributed by atoms with van der Waals surface area (Å²) in [7, 11) is 0. The van der Waals surface area contributed by atoms with Gasteiger partial charge in [-0.1, -0.05) is 0 Å². The van der Waals surface area contributed by atoms with Gasteiger partial charge in [0.2, 0.25) is 0 Å². The van der Waals surface area contributed by atoms with Gasteiger partial charge in [0.1, 0.15) is 0 Å². The quantitative estimate of drug-likeness (QED) is 0.334. The molecule has 29 valence electrons. The molecule has 0 aromatic carbocycles. The van der Waals surface area contributed by atoms with E-state index in [0.717, 1.165) is 0 Å². The molecule has 0 fully saturated rings. The molecule has 5 heteroatoms. The third-order valence-corrected chi connectivity index (χ3v) is 0. The molecular formula is I4Na. The van der Waals surface area contributed by atoms with Gasteiger partial charge >= 0.3 is 73.7 Å². The zero-order chi connectivity index (χ0) is 4.50. The van der Waals surface area contributed by atoms with Crippen molar-refractivity contribution in [1.82, 2.24) is 0 Å². The average molecular weight is 531 g/mol. The summed E-state index contributed by atoms with van der Waals surface area (Å²) in [5.74, 6) is 0. The van der Waals surface area contributed by atoms with Crippen molar-refractivity contribution in [2.24, 2.45) is 0 Å². The maximum atomic E-state index is 2.56. The molecule has 5 heavy (non-hydrogen) atoms. The van der Waals surface area contributed by atoms with Crippen LogP contribution in [0.25, 0.3) is 0 Å². The topological polar surface area (TPSA) is 0 Å². The Morgan fingerprint density at radius 3 is 0.800 bits per heavy atom. The third kappa shape index (κ3) is 18.1. The summed E-state index contributed by atoms with van der Waals surface area (Å²) in [5, 5.41) is -1.40. The first-order valence-electron chi connectivity index (χ1n) is 1.51. The van der Waals surface area contributed by atoms with Crippen molar-refractivity contribution in [1.29, 1.82) is 0 Å². The molecule has 0 heterocycles. The van der Waals surface area contributed by atoms with E-state index in [2.05, 4.69) is 68.7 Å². The van der Waals surface area contributed by atoms with Crippen molar-refractivity contribution in [2.75, 3.05) is 0 Å². The van der Waals surface area contributed by atoms with Gasteiger partial charge < -0.3 is 0 Å². The van der Waals surface area contributed by atoms with Gasteiger partial charge in [-0.05, 0) is 0 Å². The Bertz CT molecular complexity index is 19.1. The molecular weight excluding hydrogens is 531 g/mol. The summed E-state index contributed by atoms with van der Waals surface area (Å²) in [5.41, 5.74) is 0. The van der Waals surface area contributed by atoms with Gasteiger partial charge in [-0.3, -0.25) is 0 Å². The molecule has 0 aromatic rings.